The van der Waals surface area contributed by atoms with E-state index in [-0.39, 0.29) is 17.9 Å². The fraction of sp³-hybridized carbons (Fsp3) is 0.333. The van der Waals surface area contributed by atoms with Crippen molar-refractivity contribution in [3.63, 3.8) is 0 Å². The van der Waals surface area contributed by atoms with Crippen LogP contribution >= 0.6 is 0 Å². The summed E-state index contributed by atoms with van der Waals surface area (Å²) in [6.07, 6.45) is 1.10. The molecule has 0 bridgehead atoms. The number of hydrogen-bond donors (Lipinski definition) is 2. The summed E-state index contributed by atoms with van der Waals surface area (Å²) >= 11 is 0. The monoisotopic (exact) mass is 291 g/mol. The third-order valence-electron chi connectivity index (χ3n) is 3.12. The minimum Gasteiger partial charge on any atom is -0.469 e. The maximum atomic E-state index is 11.6. The summed E-state index contributed by atoms with van der Waals surface area (Å²) in [5, 5.41) is 13.6. The molecule has 1 aromatic rings. The molecule has 1 aliphatic heterocycles. The van der Waals surface area contributed by atoms with Crippen LogP contribution in [0.4, 0.5) is 5.69 Å². The molecule has 1 aliphatic rings. The molecule has 1 heterocycles. The van der Waals surface area contributed by atoms with Gasteiger partial charge >= 0.3 is 5.97 Å². The predicted molar refractivity (Wildman–Crippen MR) is 75.7 cm³/mol. The Morgan fingerprint density at radius 1 is 1.43 bits per heavy atom. The molecule has 21 heavy (non-hydrogen) atoms. The Morgan fingerprint density at radius 3 is 2.81 bits per heavy atom. The number of ketones is 1. The van der Waals surface area contributed by atoms with Gasteiger partial charge in [-0.3, -0.25) is 9.59 Å². The molecule has 1 aromatic carbocycles. The van der Waals surface area contributed by atoms with Gasteiger partial charge in [0.2, 0.25) is 0 Å². The van der Waals surface area contributed by atoms with Crippen molar-refractivity contribution in [1.82, 2.24) is 0 Å². The van der Waals surface area contributed by atoms with Crippen LogP contribution in [0.3, 0.4) is 0 Å². The fourth-order valence-electron chi connectivity index (χ4n) is 1.95. The number of esters is 1. The number of hydrogen-bond acceptors (Lipinski definition) is 6. The van der Waals surface area contributed by atoms with E-state index in [1.54, 1.807) is 31.2 Å². The summed E-state index contributed by atoms with van der Waals surface area (Å²) in [4.78, 5) is 23.1. The van der Waals surface area contributed by atoms with E-state index in [0.29, 0.717) is 11.4 Å². The Morgan fingerprint density at radius 2 is 2.14 bits per heavy atom. The molecule has 6 heteroatoms. The Labute approximate surface area is 122 Å². The lowest BCUT2D eigenvalue weighted by atomic mass is 10.0. The zero-order valence-corrected chi connectivity index (χ0v) is 11.9. The molecule has 0 radical (unpaired) electrons. The number of benzene rings is 1. The van der Waals surface area contributed by atoms with E-state index in [4.69, 9.17) is 4.74 Å². The van der Waals surface area contributed by atoms with E-state index < -0.39 is 18.2 Å². The number of anilines is 1. The normalized spacial score (nSPS) is 22.0. The van der Waals surface area contributed by atoms with Gasteiger partial charge in [-0.25, -0.2) is 0 Å². The minimum absolute atomic E-state index is 0.124. The topological polar surface area (TPSA) is 84.9 Å². The van der Waals surface area contributed by atoms with Crippen molar-refractivity contribution in [1.29, 1.82) is 0 Å². The number of ether oxygens (including phenoxy) is 2. The number of aliphatic hydroxyl groups is 1. The second kappa shape index (κ2) is 5.97. The highest BCUT2D eigenvalue weighted by Crippen LogP contribution is 2.38. The maximum absolute atomic E-state index is 11.6. The first-order valence-corrected chi connectivity index (χ1v) is 6.57. The van der Waals surface area contributed by atoms with E-state index in [1.165, 1.54) is 13.2 Å². The summed E-state index contributed by atoms with van der Waals surface area (Å²) in [6.45, 7) is 1.70. The van der Waals surface area contributed by atoms with Crippen molar-refractivity contribution in [2.24, 2.45) is 0 Å². The van der Waals surface area contributed by atoms with Crippen molar-refractivity contribution < 1.29 is 24.2 Å². The molecule has 0 saturated carbocycles. The van der Waals surface area contributed by atoms with Crippen LogP contribution in [0.15, 0.2) is 36.0 Å². The van der Waals surface area contributed by atoms with Gasteiger partial charge in [0, 0.05) is 12.5 Å². The van der Waals surface area contributed by atoms with Crippen LogP contribution in [-0.2, 0) is 14.3 Å². The number of para-hydroxylation sites is 2. The predicted octanol–water partition coefficient (Wildman–Crippen LogP) is 1.61. The van der Waals surface area contributed by atoms with E-state index in [2.05, 4.69) is 10.1 Å². The first kappa shape index (κ1) is 15.1. The molecule has 0 aromatic heterocycles. The highest BCUT2D eigenvalue weighted by molar-refractivity contribution is 5.91. The van der Waals surface area contributed by atoms with Crippen LogP contribution in [0.1, 0.15) is 19.8 Å². The highest BCUT2D eigenvalue weighted by Gasteiger charge is 2.42. The Hall–Kier alpha value is -2.34. The number of nitrogens with one attached hydrogen (secondary N) is 1. The maximum Gasteiger partial charge on any atom is 0.312 e. The van der Waals surface area contributed by atoms with Crippen LogP contribution in [-0.4, -0.2) is 29.8 Å². The van der Waals surface area contributed by atoms with Crippen LogP contribution in [0.2, 0.25) is 0 Å². The molecular formula is C15H17NO5. The lowest BCUT2D eigenvalue weighted by Crippen LogP contribution is -2.46. The van der Waals surface area contributed by atoms with Crippen molar-refractivity contribution in [3.05, 3.63) is 36.0 Å². The smallest absolute Gasteiger partial charge is 0.312 e. The molecule has 1 unspecified atom stereocenters. The third kappa shape index (κ3) is 3.22. The number of fused-ring (bicyclic) bond motifs is 1. The van der Waals surface area contributed by atoms with E-state index in [9.17, 15) is 14.7 Å². The molecule has 2 rings (SSSR count). The standard InChI is InChI=1S/C15H17NO5/c1-3-10(17)8-13-15(19,9-14(18)20-2)21-12-7-5-4-6-11(12)16-13/h4-8,16,19H,3,9H2,1-2H3/b13-8-. The lowest BCUT2D eigenvalue weighted by molar-refractivity contribution is -0.160. The summed E-state index contributed by atoms with van der Waals surface area (Å²) in [5.41, 5.74) is 0.737. The molecule has 0 amide bonds. The molecule has 0 spiro atoms. The zero-order chi connectivity index (χ0) is 15.5. The zero-order valence-electron chi connectivity index (χ0n) is 11.9. The quantitative estimate of drug-likeness (QED) is 0.647. The Balaban J connectivity index is 2.41. The Bertz CT molecular complexity index is 595. The van der Waals surface area contributed by atoms with Gasteiger partial charge in [-0.2, -0.15) is 0 Å². The molecule has 6 nitrogen and oxygen atoms in total. The van der Waals surface area contributed by atoms with Crippen molar-refractivity contribution in [2.75, 3.05) is 12.4 Å². The van der Waals surface area contributed by atoms with Gasteiger partial charge in [-0.15, -0.1) is 0 Å². The minimum atomic E-state index is -1.95. The van der Waals surface area contributed by atoms with Gasteiger partial charge in [0.15, 0.2) is 5.78 Å². The van der Waals surface area contributed by atoms with Gasteiger partial charge < -0.3 is 19.9 Å². The first-order valence-electron chi connectivity index (χ1n) is 6.57. The number of methoxy groups -OCH3 is 1. The van der Waals surface area contributed by atoms with Gasteiger partial charge in [-0.05, 0) is 12.1 Å². The largest absolute Gasteiger partial charge is 0.469 e. The van der Waals surface area contributed by atoms with Crippen LogP contribution in [0.25, 0.3) is 0 Å². The third-order valence-corrected chi connectivity index (χ3v) is 3.12. The fourth-order valence-corrected chi connectivity index (χ4v) is 1.95. The van der Waals surface area contributed by atoms with Crippen molar-refractivity contribution in [2.45, 2.75) is 25.6 Å². The average Bonchev–Trinajstić information content (AvgIpc) is 2.47. The summed E-state index contributed by atoms with van der Waals surface area (Å²) in [6, 6.07) is 6.93. The van der Waals surface area contributed by atoms with E-state index >= 15 is 0 Å². The summed E-state index contributed by atoms with van der Waals surface area (Å²) in [5.74, 6) is -2.39. The first-order chi connectivity index (χ1) is 9.98. The van der Waals surface area contributed by atoms with Crippen LogP contribution in [0.5, 0.6) is 5.75 Å². The molecular weight excluding hydrogens is 274 g/mol. The Kier molecular flexibility index (Phi) is 4.28. The van der Waals surface area contributed by atoms with Crippen molar-refractivity contribution >= 4 is 17.4 Å². The summed E-state index contributed by atoms with van der Waals surface area (Å²) < 4.78 is 10.1. The van der Waals surface area contributed by atoms with Crippen molar-refractivity contribution in [3.8, 4) is 5.75 Å². The molecule has 0 aliphatic carbocycles. The molecule has 1 atom stereocenters. The number of rotatable bonds is 4. The SMILES string of the molecule is CCC(=O)/C=C1\Nc2ccccc2OC1(O)CC(=O)OC. The molecule has 112 valence electrons. The molecule has 2 N–H and O–H groups in total. The number of allylic oxidation sites excluding steroid dienone is 1. The van der Waals surface area contributed by atoms with Gasteiger partial charge in [0.25, 0.3) is 5.79 Å². The van der Waals surface area contributed by atoms with E-state index in [0.717, 1.165) is 0 Å². The summed E-state index contributed by atoms with van der Waals surface area (Å²) in [7, 11) is 1.22. The van der Waals surface area contributed by atoms with Crippen LogP contribution < -0.4 is 10.1 Å². The number of carbonyl (C=O) groups excluding carboxylic acids is 2. The van der Waals surface area contributed by atoms with Gasteiger partial charge in [0.1, 0.15) is 12.2 Å². The average molecular weight is 291 g/mol. The van der Waals surface area contributed by atoms with Crippen LogP contribution in [0, 0.1) is 0 Å². The van der Waals surface area contributed by atoms with Gasteiger partial charge in [0.05, 0.1) is 18.5 Å². The second-order valence-corrected chi connectivity index (χ2v) is 4.64. The lowest BCUT2D eigenvalue weighted by Gasteiger charge is -2.36. The highest BCUT2D eigenvalue weighted by atomic mass is 16.6. The molecule has 0 fully saturated rings. The second-order valence-electron chi connectivity index (χ2n) is 4.64. The number of carbonyl (C=O) groups is 2. The van der Waals surface area contributed by atoms with Gasteiger partial charge in [-0.1, -0.05) is 19.1 Å². The molecule has 0 saturated heterocycles. The van der Waals surface area contributed by atoms with E-state index in [1.807, 2.05) is 0 Å².